The SMILES string of the molecule is CCCNC(c1ccc(CC)o1)C1(C)CCCO1. The van der Waals surface area contributed by atoms with Gasteiger partial charge < -0.3 is 14.5 Å². The molecule has 0 aliphatic carbocycles. The highest BCUT2D eigenvalue weighted by molar-refractivity contribution is 5.15. The van der Waals surface area contributed by atoms with Crippen LogP contribution in [0.4, 0.5) is 0 Å². The van der Waals surface area contributed by atoms with E-state index in [1.165, 1.54) is 0 Å². The quantitative estimate of drug-likeness (QED) is 0.841. The van der Waals surface area contributed by atoms with Crippen LogP contribution >= 0.6 is 0 Å². The van der Waals surface area contributed by atoms with Gasteiger partial charge in [-0.3, -0.25) is 0 Å². The van der Waals surface area contributed by atoms with Crippen molar-refractivity contribution in [3.05, 3.63) is 23.7 Å². The number of ether oxygens (including phenoxy) is 1. The van der Waals surface area contributed by atoms with Gasteiger partial charge in [-0.05, 0) is 44.9 Å². The average Bonchev–Trinajstić information content (AvgIpc) is 2.99. The van der Waals surface area contributed by atoms with E-state index in [-0.39, 0.29) is 11.6 Å². The molecular weight excluding hydrogens is 226 g/mol. The van der Waals surface area contributed by atoms with Crippen LogP contribution in [-0.2, 0) is 11.2 Å². The zero-order chi connectivity index (χ0) is 13.0. The standard InChI is InChI=1S/C15H25NO2/c1-4-10-16-14(15(3)9-6-11-17-15)13-8-7-12(5-2)18-13/h7-8,14,16H,4-6,9-11H2,1-3H3. The molecule has 2 atom stereocenters. The Morgan fingerprint density at radius 1 is 1.39 bits per heavy atom. The lowest BCUT2D eigenvalue weighted by Gasteiger charge is -2.32. The summed E-state index contributed by atoms with van der Waals surface area (Å²) in [7, 11) is 0. The van der Waals surface area contributed by atoms with E-state index in [4.69, 9.17) is 9.15 Å². The number of hydrogen-bond acceptors (Lipinski definition) is 3. The van der Waals surface area contributed by atoms with Gasteiger partial charge in [0, 0.05) is 13.0 Å². The van der Waals surface area contributed by atoms with Gasteiger partial charge in [0.25, 0.3) is 0 Å². The fraction of sp³-hybridized carbons (Fsp3) is 0.733. The summed E-state index contributed by atoms with van der Waals surface area (Å²) in [6.45, 7) is 8.35. The molecule has 1 aliphatic heterocycles. The van der Waals surface area contributed by atoms with Gasteiger partial charge in [-0.2, -0.15) is 0 Å². The number of aryl methyl sites for hydroxylation is 1. The largest absolute Gasteiger partial charge is 0.464 e. The third-order valence-electron chi connectivity index (χ3n) is 3.77. The number of rotatable bonds is 6. The summed E-state index contributed by atoms with van der Waals surface area (Å²) in [5.41, 5.74) is -0.127. The van der Waals surface area contributed by atoms with Gasteiger partial charge in [-0.15, -0.1) is 0 Å². The Kier molecular flexibility index (Phi) is 4.46. The van der Waals surface area contributed by atoms with Crippen molar-refractivity contribution < 1.29 is 9.15 Å². The van der Waals surface area contributed by atoms with Gasteiger partial charge in [0.05, 0.1) is 11.6 Å². The number of furan rings is 1. The summed E-state index contributed by atoms with van der Waals surface area (Å²) in [5, 5.41) is 3.59. The third kappa shape index (κ3) is 2.78. The summed E-state index contributed by atoms with van der Waals surface area (Å²) in [6.07, 6.45) is 4.30. The van der Waals surface area contributed by atoms with E-state index in [2.05, 4.69) is 38.2 Å². The van der Waals surface area contributed by atoms with Gasteiger partial charge in [-0.25, -0.2) is 0 Å². The molecule has 3 nitrogen and oxygen atoms in total. The van der Waals surface area contributed by atoms with E-state index in [1.54, 1.807) is 0 Å². The highest BCUT2D eigenvalue weighted by Crippen LogP contribution is 2.38. The van der Waals surface area contributed by atoms with Crippen molar-refractivity contribution in [1.82, 2.24) is 5.32 Å². The molecule has 0 amide bonds. The predicted molar refractivity (Wildman–Crippen MR) is 72.7 cm³/mol. The first-order valence-electron chi connectivity index (χ1n) is 7.15. The van der Waals surface area contributed by atoms with Gasteiger partial charge in [0.1, 0.15) is 11.5 Å². The van der Waals surface area contributed by atoms with Gasteiger partial charge in [-0.1, -0.05) is 13.8 Å². The molecule has 1 aromatic rings. The predicted octanol–water partition coefficient (Wildman–Crippen LogP) is 3.45. The summed E-state index contributed by atoms with van der Waals surface area (Å²) in [4.78, 5) is 0. The zero-order valence-electron chi connectivity index (χ0n) is 11.8. The minimum absolute atomic E-state index is 0.127. The topological polar surface area (TPSA) is 34.4 Å². The van der Waals surface area contributed by atoms with Crippen molar-refractivity contribution in [1.29, 1.82) is 0 Å². The molecule has 1 aromatic heterocycles. The molecule has 0 saturated carbocycles. The fourth-order valence-corrected chi connectivity index (χ4v) is 2.67. The van der Waals surface area contributed by atoms with E-state index in [1.807, 2.05) is 0 Å². The molecule has 0 aromatic carbocycles. The van der Waals surface area contributed by atoms with Crippen LogP contribution in [0.1, 0.15) is 57.6 Å². The zero-order valence-corrected chi connectivity index (χ0v) is 11.8. The first-order valence-corrected chi connectivity index (χ1v) is 7.15. The van der Waals surface area contributed by atoms with Crippen LogP contribution in [-0.4, -0.2) is 18.8 Å². The second-order valence-corrected chi connectivity index (χ2v) is 5.31. The third-order valence-corrected chi connectivity index (χ3v) is 3.77. The van der Waals surface area contributed by atoms with Crippen LogP contribution < -0.4 is 5.32 Å². The Labute approximate surface area is 110 Å². The lowest BCUT2D eigenvalue weighted by molar-refractivity contribution is -0.0183. The lowest BCUT2D eigenvalue weighted by Crippen LogP contribution is -2.41. The van der Waals surface area contributed by atoms with Crippen molar-refractivity contribution in [3.8, 4) is 0 Å². The highest BCUT2D eigenvalue weighted by Gasteiger charge is 2.40. The maximum absolute atomic E-state index is 5.97. The first kappa shape index (κ1) is 13.6. The molecule has 0 bridgehead atoms. The summed E-state index contributed by atoms with van der Waals surface area (Å²) < 4.78 is 11.9. The van der Waals surface area contributed by atoms with Crippen LogP contribution in [0.2, 0.25) is 0 Å². The molecule has 2 rings (SSSR count). The van der Waals surface area contributed by atoms with Crippen molar-refractivity contribution in [2.45, 2.75) is 58.1 Å². The van der Waals surface area contributed by atoms with Gasteiger partial charge >= 0.3 is 0 Å². The minimum Gasteiger partial charge on any atom is -0.464 e. The van der Waals surface area contributed by atoms with Crippen LogP contribution in [0.25, 0.3) is 0 Å². The molecule has 1 saturated heterocycles. The lowest BCUT2D eigenvalue weighted by atomic mass is 9.91. The first-order chi connectivity index (χ1) is 8.69. The van der Waals surface area contributed by atoms with Crippen molar-refractivity contribution in [2.24, 2.45) is 0 Å². The van der Waals surface area contributed by atoms with Crippen molar-refractivity contribution >= 4 is 0 Å². The molecule has 2 unspecified atom stereocenters. The van der Waals surface area contributed by atoms with Crippen molar-refractivity contribution in [2.75, 3.05) is 13.2 Å². The second kappa shape index (κ2) is 5.89. The van der Waals surface area contributed by atoms with E-state index in [9.17, 15) is 0 Å². The number of hydrogen-bond donors (Lipinski definition) is 1. The Morgan fingerprint density at radius 3 is 2.78 bits per heavy atom. The molecular formula is C15H25NO2. The van der Waals surface area contributed by atoms with E-state index in [0.717, 1.165) is 50.4 Å². The molecule has 1 aliphatic rings. The maximum atomic E-state index is 5.97. The molecule has 3 heteroatoms. The number of nitrogens with one attached hydrogen (secondary N) is 1. The molecule has 18 heavy (non-hydrogen) atoms. The van der Waals surface area contributed by atoms with Gasteiger partial charge in [0.2, 0.25) is 0 Å². The fourth-order valence-electron chi connectivity index (χ4n) is 2.67. The van der Waals surface area contributed by atoms with Crippen LogP contribution in [0.3, 0.4) is 0 Å². The minimum atomic E-state index is -0.127. The molecule has 1 N–H and O–H groups in total. The Balaban J connectivity index is 2.18. The smallest absolute Gasteiger partial charge is 0.124 e. The van der Waals surface area contributed by atoms with E-state index < -0.39 is 0 Å². The van der Waals surface area contributed by atoms with Crippen molar-refractivity contribution in [3.63, 3.8) is 0 Å². The van der Waals surface area contributed by atoms with Gasteiger partial charge in [0.15, 0.2) is 0 Å². The van der Waals surface area contributed by atoms with Crippen LogP contribution in [0.5, 0.6) is 0 Å². The average molecular weight is 251 g/mol. The molecule has 1 fully saturated rings. The monoisotopic (exact) mass is 251 g/mol. The highest BCUT2D eigenvalue weighted by atomic mass is 16.5. The molecule has 0 radical (unpaired) electrons. The Hall–Kier alpha value is -0.800. The van der Waals surface area contributed by atoms with Crippen LogP contribution in [0, 0.1) is 0 Å². The second-order valence-electron chi connectivity index (χ2n) is 5.31. The summed E-state index contributed by atoms with van der Waals surface area (Å²) >= 11 is 0. The van der Waals surface area contributed by atoms with E-state index in [0.29, 0.717) is 0 Å². The van der Waals surface area contributed by atoms with Crippen LogP contribution in [0.15, 0.2) is 16.5 Å². The Bertz CT molecular complexity index is 366. The normalized spacial score (nSPS) is 25.5. The summed E-state index contributed by atoms with van der Waals surface area (Å²) in [6, 6.07) is 4.34. The maximum Gasteiger partial charge on any atom is 0.124 e. The molecule has 0 spiro atoms. The summed E-state index contributed by atoms with van der Waals surface area (Å²) in [5.74, 6) is 2.07. The van der Waals surface area contributed by atoms with E-state index >= 15 is 0 Å². The Morgan fingerprint density at radius 2 is 2.22 bits per heavy atom. The molecule has 2 heterocycles. The molecule has 102 valence electrons.